The maximum atomic E-state index is 13.2. The number of piperazine rings is 1. The molecule has 2 unspecified atom stereocenters. The molecule has 1 amide bonds. The average Bonchev–Trinajstić information content (AvgIpc) is 3.49. The maximum absolute atomic E-state index is 13.2. The third-order valence-corrected chi connectivity index (χ3v) is 7.39. The second kappa shape index (κ2) is 10.1. The van der Waals surface area contributed by atoms with Gasteiger partial charge in [0, 0.05) is 60.5 Å². The van der Waals surface area contributed by atoms with E-state index < -0.39 is 0 Å². The lowest BCUT2D eigenvalue weighted by Crippen LogP contribution is -2.49. The van der Waals surface area contributed by atoms with E-state index in [0.29, 0.717) is 5.56 Å². The average molecular weight is 510 g/mol. The fourth-order valence-electron chi connectivity index (χ4n) is 5.24. The highest BCUT2D eigenvalue weighted by molar-refractivity contribution is 5.94. The lowest BCUT2D eigenvalue weighted by molar-refractivity contribution is 0.0934. The molecule has 2 N–H and O–H groups in total. The summed E-state index contributed by atoms with van der Waals surface area (Å²) >= 11 is 0. The summed E-state index contributed by atoms with van der Waals surface area (Å²) in [5.74, 6) is 0.483. The first kappa shape index (κ1) is 23.8. The highest BCUT2D eigenvalue weighted by Gasteiger charge is 2.29. The van der Waals surface area contributed by atoms with Crippen molar-refractivity contribution >= 4 is 22.6 Å². The number of benzene rings is 2. The third-order valence-electron chi connectivity index (χ3n) is 7.39. The number of nitrogens with one attached hydrogen (secondary N) is 2. The van der Waals surface area contributed by atoms with Crippen molar-refractivity contribution in [1.29, 1.82) is 0 Å². The van der Waals surface area contributed by atoms with Crippen LogP contribution in [0.4, 0.5) is 10.2 Å². The first-order chi connectivity index (χ1) is 18.6. The Balaban J connectivity index is 1.14. The molecule has 1 fully saturated rings. The molecule has 2 atom stereocenters. The van der Waals surface area contributed by atoms with Crippen molar-refractivity contribution < 1.29 is 9.18 Å². The fraction of sp³-hybridized carbons (Fsp3) is 0.241. The number of hydrogen-bond acceptors (Lipinski definition) is 6. The number of nitrogens with zero attached hydrogens (tertiary/aromatic N) is 5. The second-order valence-electron chi connectivity index (χ2n) is 9.66. The van der Waals surface area contributed by atoms with Crippen molar-refractivity contribution in [3.05, 3.63) is 96.5 Å². The molecule has 0 radical (unpaired) electrons. The fourth-order valence-corrected chi connectivity index (χ4v) is 5.24. The molecule has 4 aromatic rings. The summed E-state index contributed by atoms with van der Waals surface area (Å²) < 4.78 is 13.2. The monoisotopic (exact) mass is 509 g/mol. The minimum atomic E-state index is -0.356. The van der Waals surface area contributed by atoms with E-state index in [9.17, 15) is 9.18 Å². The standard InChI is InChI=1S/C29H28FN7O/c1-19-25(35-29(38)20-5-8-23(30)9-6-20)3-2-4-27(19)36-11-13-37(14-12-36)28-24-15-21(22-16-33-34-17-22)7-10-26(24)31-18-32-28/h2-10,15-19,25H,11-14H2,1H3,(H,33,34)(H,35,38). The van der Waals surface area contributed by atoms with E-state index in [1.165, 1.54) is 30.0 Å². The van der Waals surface area contributed by atoms with Gasteiger partial charge in [-0.3, -0.25) is 9.89 Å². The molecule has 38 heavy (non-hydrogen) atoms. The topological polar surface area (TPSA) is 90.0 Å². The number of hydrogen-bond donors (Lipinski definition) is 2. The Bertz CT molecular complexity index is 1510. The van der Waals surface area contributed by atoms with Gasteiger partial charge >= 0.3 is 0 Å². The van der Waals surface area contributed by atoms with Crippen LogP contribution in [-0.4, -0.2) is 63.2 Å². The van der Waals surface area contributed by atoms with Crippen LogP contribution in [0.3, 0.4) is 0 Å². The summed E-state index contributed by atoms with van der Waals surface area (Å²) in [6.45, 7) is 5.46. The van der Waals surface area contributed by atoms with Crippen LogP contribution >= 0.6 is 0 Å². The Morgan fingerprint density at radius 3 is 2.58 bits per heavy atom. The number of amides is 1. The normalized spacial score (nSPS) is 19.5. The van der Waals surface area contributed by atoms with E-state index in [1.807, 2.05) is 30.6 Å². The number of carbonyl (C=O) groups is 1. The van der Waals surface area contributed by atoms with Gasteiger partial charge in [0.1, 0.15) is 18.0 Å². The molecule has 9 heteroatoms. The zero-order valence-electron chi connectivity index (χ0n) is 21.0. The first-order valence-electron chi connectivity index (χ1n) is 12.8. The predicted molar refractivity (Wildman–Crippen MR) is 145 cm³/mol. The van der Waals surface area contributed by atoms with Crippen molar-refractivity contribution in [2.75, 3.05) is 31.1 Å². The number of fused-ring (bicyclic) bond motifs is 1. The summed E-state index contributed by atoms with van der Waals surface area (Å²) in [5, 5.41) is 11.1. The summed E-state index contributed by atoms with van der Waals surface area (Å²) in [6.07, 6.45) is 11.5. The molecule has 1 aliphatic carbocycles. The van der Waals surface area contributed by atoms with Crippen LogP contribution in [0.15, 0.2) is 85.1 Å². The van der Waals surface area contributed by atoms with Crippen molar-refractivity contribution in [3.8, 4) is 11.1 Å². The molecule has 0 saturated carbocycles. The Kier molecular flexibility index (Phi) is 6.33. The summed E-state index contributed by atoms with van der Waals surface area (Å²) in [4.78, 5) is 26.6. The summed E-state index contributed by atoms with van der Waals surface area (Å²) in [7, 11) is 0. The Labute approximate surface area is 219 Å². The van der Waals surface area contributed by atoms with Crippen LogP contribution in [0.2, 0.25) is 0 Å². The zero-order valence-corrected chi connectivity index (χ0v) is 21.0. The van der Waals surface area contributed by atoms with Gasteiger partial charge in [-0.1, -0.05) is 25.1 Å². The Morgan fingerprint density at radius 1 is 1.03 bits per heavy atom. The van der Waals surface area contributed by atoms with Crippen molar-refractivity contribution in [3.63, 3.8) is 0 Å². The van der Waals surface area contributed by atoms with Crippen LogP contribution in [0.25, 0.3) is 22.0 Å². The Hall–Kier alpha value is -4.53. The number of halogens is 1. The van der Waals surface area contributed by atoms with E-state index in [2.05, 4.69) is 60.4 Å². The largest absolute Gasteiger partial charge is 0.371 e. The van der Waals surface area contributed by atoms with Crippen LogP contribution in [0.5, 0.6) is 0 Å². The van der Waals surface area contributed by atoms with E-state index in [1.54, 1.807) is 6.33 Å². The lowest BCUT2D eigenvalue weighted by atomic mass is 9.91. The predicted octanol–water partition coefficient (Wildman–Crippen LogP) is 4.17. The third kappa shape index (κ3) is 4.63. The van der Waals surface area contributed by atoms with E-state index in [0.717, 1.165) is 54.0 Å². The number of rotatable bonds is 5. The van der Waals surface area contributed by atoms with E-state index >= 15 is 0 Å². The number of H-pyrrole nitrogens is 1. The number of anilines is 1. The molecular formula is C29H28FN7O. The van der Waals surface area contributed by atoms with Crippen LogP contribution in [0, 0.1) is 11.7 Å². The quantitative estimate of drug-likeness (QED) is 0.420. The van der Waals surface area contributed by atoms with Crippen LogP contribution in [0.1, 0.15) is 17.3 Å². The SMILES string of the molecule is CC1C(N2CCN(c3ncnc4ccc(-c5cn[nH]c5)cc34)CC2)=CC=CC1NC(=O)c1ccc(F)cc1. The highest BCUT2D eigenvalue weighted by atomic mass is 19.1. The number of allylic oxidation sites excluding steroid dienone is 2. The van der Waals surface area contributed by atoms with Crippen molar-refractivity contribution in [2.24, 2.45) is 5.92 Å². The van der Waals surface area contributed by atoms with Gasteiger partial charge in [-0.15, -0.1) is 0 Å². The maximum Gasteiger partial charge on any atom is 0.251 e. The van der Waals surface area contributed by atoms with Gasteiger partial charge in [-0.05, 0) is 48.0 Å². The molecule has 1 aliphatic heterocycles. The molecule has 8 nitrogen and oxygen atoms in total. The molecule has 0 bridgehead atoms. The van der Waals surface area contributed by atoms with Gasteiger partial charge in [0.25, 0.3) is 5.91 Å². The van der Waals surface area contributed by atoms with Gasteiger partial charge in [-0.2, -0.15) is 5.10 Å². The lowest BCUT2D eigenvalue weighted by Gasteiger charge is -2.41. The second-order valence-corrected chi connectivity index (χ2v) is 9.66. The Morgan fingerprint density at radius 2 is 1.82 bits per heavy atom. The van der Waals surface area contributed by atoms with Gasteiger partial charge in [-0.25, -0.2) is 14.4 Å². The zero-order chi connectivity index (χ0) is 26.1. The molecular weight excluding hydrogens is 481 g/mol. The smallest absolute Gasteiger partial charge is 0.251 e. The van der Waals surface area contributed by atoms with Crippen molar-refractivity contribution in [2.45, 2.75) is 13.0 Å². The molecule has 2 aliphatic rings. The molecule has 3 heterocycles. The van der Waals surface area contributed by atoms with Crippen molar-refractivity contribution in [1.82, 2.24) is 30.4 Å². The summed E-state index contributed by atoms with van der Waals surface area (Å²) in [5.41, 5.74) is 4.66. The van der Waals surface area contributed by atoms with E-state index in [4.69, 9.17) is 0 Å². The van der Waals surface area contributed by atoms with Crippen LogP contribution in [-0.2, 0) is 0 Å². The molecule has 2 aromatic carbocycles. The van der Waals surface area contributed by atoms with Gasteiger partial charge < -0.3 is 15.1 Å². The van der Waals surface area contributed by atoms with E-state index in [-0.39, 0.29) is 23.7 Å². The number of carbonyl (C=O) groups excluding carboxylic acids is 1. The molecule has 2 aromatic heterocycles. The molecule has 192 valence electrons. The first-order valence-corrected chi connectivity index (χ1v) is 12.8. The van der Waals surface area contributed by atoms with Gasteiger partial charge in [0.2, 0.25) is 0 Å². The summed E-state index contributed by atoms with van der Waals surface area (Å²) in [6, 6.07) is 11.7. The van der Waals surface area contributed by atoms with Gasteiger partial charge in [0.15, 0.2) is 0 Å². The highest BCUT2D eigenvalue weighted by Crippen LogP contribution is 2.30. The van der Waals surface area contributed by atoms with Crippen LogP contribution < -0.4 is 10.2 Å². The number of aromatic nitrogens is 4. The minimum Gasteiger partial charge on any atom is -0.371 e. The molecule has 1 saturated heterocycles. The minimum absolute atomic E-state index is 0.105. The van der Waals surface area contributed by atoms with Gasteiger partial charge in [0.05, 0.1) is 17.8 Å². The number of aromatic amines is 1. The molecule has 0 spiro atoms. The molecule has 6 rings (SSSR count).